The van der Waals surface area contributed by atoms with Crippen LogP contribution in [0.2, 0.25) is 0 Å². The Morgan fingerprint density at radius 1 is 1.53 bits per heavy atom. The number of aromatic nitrogens is 1. The number of carboxylic acids is 1. The Labute approximate surface area is 118 Å². The van der Waals surface area contributed by atoms with E-state index in [1.807, 2.05) is 25.1 Å². The lowest BCUT2D eigenvalue weighted by Gasteiger charge is -2.01. The van der Waals surface area contributed by atoms with Gasteiger partial charge in [0.15, 0.2) is 0 Å². The molecule has 2 rings (SSSR count). The topological polar surface area (TPSA) is 72.6 Å². The number of halogens is 1. The summed E-state index contributed by atoms with van der Waals surface area (Å²) < 4.78 is 11.4. The molecule has 0 saturated carbocycles. The number of aryl methyl sites for hydroxylation is 1. The molecule has 1 aromatic carbocycles. The molecular formula is C13H12BrNO4. The summed E-state index contributed by atoms with van der Waals surface area (Å²) in [6.07, 6.45) is 0. The van der Waals surface area contributed by atoms with Gasteiger partial charge in [-0.2, -0.15) is 4.98 Å². The smallest absolute Gasteiger partial charge is 0.362 e. The Bertz CT molecular complexity index is 621. The van der Waals surface area contributed by atoms with E-state index in [1.54, 1.807) is 6.92 Å². The highest BCUT2D eigenvalue weighted by molar-refractivity contribution is 9.10. The van der Waals surface area contributed by atoms with Crippen LogP contribution in [0, 0.1) is 6.92 Å². The average molecular weight is 326 g/mol. The first kappa shape index (κ1) is 13.6. The second-order valence-corrected chi connectivity index (χ2v) is 4.77. The number of hydrogen-bond acceptors (Lipinski definition) is 4. The van der Waals surface area contributed by atoms with Crippen LogP contribution in [0.1, 0.15) is 23.0 Å². The van der Waals surface area contributed by atoms with Crippen molar-refractivity contribution in [3.8, 4) is 17.4 Å². The van der Waals surface area contributed by atoms with Crippen molar-refractivity contribution in [2.24, 2.45) is 0 Å². The largest absolute Gasteiger partial charge is 0.476 e. The standard InChI is InChI=1S/C13H12BrNO4/c1-3-18-13-10(12(16)17)15-11(19-13)9-6-8(14)5-4-7(9)2/h4-6H,3H2,1-2H3,(H,16,17). The van der Waals surface area contributed by atoms with E-state index >= 15 is 0 Å². The second kappa shape index (κ2) is 5.44. The van der Waals surface area contributed by atoms with Crippen molar-refractivity contribution in [1.29, 1.82) is 0 Å². The predicted molar refractivity (Wildman–Crippen MR) is 72.5 cm³/mol. The van der Waals surface area contributed by atoms with Crippen molar-refractivity contribution in [3.63, 3.8) is 0 Å². The van der Waals surface area contributed by atoms with Gasteiger partial charge in [0.05, 0.1) is 6.61 Å². The minimum atomic E-state index is -1.17. The fourth-order valence-electron chi connectivity index (χ4n) is 1.61. The summed E-state index contributed by atoms with van der Waals surface area (Å²) in [5.41, 5.74) is 1.45. The highest BCUT2D eigenvalue weighted by atomic mass is 79.9. The van der Waals surface area contributed by atoms with Gasteiger partial charge >= 0.3 is 11.9 Å². The predicted octanol–water partition coefficient (Wildman–Crippen LogP) is 3.51. The van der Waals surface area contributed by atoms with Gasteiger partial charge in [0.1, 0.15) is 0 Å². The number of aromatic carboxylic acids is 1. The quantitative estimate of drug-likeness (QED) is 0.931. The molecule has 0 atom stereocenters. The van der Waals surface area contributed by atoms with Crippen molar-refractivity contribution in [2.75, 3.05) is 6.61 Å². The van der Waals surface area contributed by atoms with Crippen molar-refractivity contribution in [1.82, 2.24) is 4.98 Å². The molecular weight excluding hydrogens is 314 g/mol. The van der Waals surface area contributed by atoms with E-state index in [1.165, 1.54) is 0 Å². The van der Waals surface area contributed by atoms with Gasteiger partial charge in [-0.05, 0) is 31.5 Å². The maximum absolute atomic E-state index is 11.1. The molecule has 0 fully saturated rings. The molecule has 1 N–H and O–H groups in total. The Morgan fingerprint density at radius 3 is 2.89 bits per heavy atom. The van der Waals surface area contributed by atoms with Crippen molar-refractivity contribution < 1.29 is 19.1 Å². The molecule has 1 aromatic heterocycles. The molecule has 0 bridgehead atoms. The van der Waals surface area contributed by atoms with Gasteiger partial charge < -0.3 is 14.3 Å². The number of hydrogen-bond donors (Lipinski definition) is 1. The molecule has 6 heteroatoms. The van der Waals surface area contributed by atoms with E-state index in [4.69, 9.17) is 14.3 Å². The van der Waals surface area contributed by atoms with Crippen molar-refractivity contribution >= 4 is 21.9 Å². The number of ether oxygens (including phenoxy) is 1. The molecule has 5 nitrogen and oxygen atoms in total. The number of carbonyl (C=O) groups is 1. The van der Waals surface area contributed by atoms with Crippen LogP contribution in [0.4, 0.5) is 0 Å². The molecule has 2 aromatic rings. The molecule has 0 radical (unpaired) electrons. The zero-order valence-electron chi connectivity index (χ0n) is 10.4. The molecule has 0 aliphatic heterocycles. The van der Waals surface area contributed by atoms with Gasteiger partial charge in [0.2, 0.25) is 11.6 Å². The fourth-order valence-corrected chi connectivity index (χ4v) is 1.97. The molecule has 0 aliphatic rings. The van der Waals surface area contributed by atoms with Crippen molar-refractivity contribution in [3.05, 3.63) is 33.9 Å². The van der Waals surface area contributed by atoms with E-state index in [-0.39, 0.29) is 17.5 Å². The van der Waals surface area contributed by atoms with Crippen LogP contribution in [-0.4, -0.2) is 22.7 Å². The summed E-state index contributed by atoms with van der Waals surface area (Å²) >= 11 is 3.36. The molecule has 0 spiro atoms. The van der Waals surface area contributed by atoms with Crippen LogP contribution < -0.4 is 4.74 Å². The molecule has 0 saturated heterocycles. The van der Waals surface area contributed by atoms with Crippen LogP contribution in [0.15, 0.2) is 27.1 Å². The van der Waals surface area contributed by atoms with Crippen LogP contribution in [0.25, 0.3) is 11.5 Å². The average Bonchev–Trinajstić information content (AvgIpc) is 2.77. The third kappa shape index (κ3) is 2.78. The van der Waals surface area contributed by atoms with E-state index in [9.17, 15) is 4.79 Å². The van der Waals surface area contributed by atoms with Gasteiger partial charge in [-0.1, -0.05) is 22.0 Å². The van der Waals surface area contributed by atoms with E-state index in [0.717, 1.165) is 15.6 Å². The monoisotopic (exact) mass is 325 g/mol. The van der Waals surface area contributed by atoms with Crippen molar-refractivity contribution in [2.45, 2.75) is 13.8 Å². The summed E-state index contributed by atoms with van der Waals surface area (Å²) in [4.78, 5) is 15.1. The lowest BCUT2D eigenvalue weighted by atomic mass is 10.1. The minimum Gasteiger partial charge on any atom is -0.476 e. The van der Waals surface area contributed by atoms with Gasteiger partial charge in [0, 0.05) is 10.0 Å². The molecule has 100 valence electrons. The first-order chi connectivity index (χ1) is 9.02. The third-order valence-corrected chi connectivity index (χ3v) is 3.00. The van der Waals surface area contributed by atoms with Gasteiger partial charge in [-0.25, -0.2) is 4.79 Å². The highest BCUT2D eigenvalue weighted by Crippen LogP contribution is 2.31. The maximum atomic E-state index is 11.1. The number of carboxylic acid groups (broad SMARTS) is 1. The second-order valence-electron chi connectivity index (χ2n) is 3.85. The first-order valence-corrected chi connectivity index (χ1v) is 6.45. The van der Waals surface area contributed by atoms with Gasteiger partial charge in [-0.3, -0.25) is 0 Å². The normalized spacial score (nSPS) is 10.5. The Balaban J connectivity index is 2.53. The number of oxazole rings is 1. The Morgan fingerprint density at radius 2 is 2.26 bits per heavy atom. The molecule has 0 amide bonds. The maximum Gasteiger partial charge on any atom is 0.362 e. The first-order valence-electron chi connectivity index (χ1n) is 5.66. The summed E-state index contributed by atoms with van der Waals surface area (Å²) in [6.45, 7) is 3.96. The summed E-state index contributed by atoms with van der Waals surface area (Å²) in [7, 11) is 0. The van der Waals surface area contributed by atoms with Crippen LogP contribution in [0.5, 0.6) is 5.95 Å². The summed E-state index contributed by atoms with van der Waals surface area (Å²) in [5, 5.41) is 9.06. The lowest BCUT2D eigenvalue weighted by molar-refractivity contribution is 0.0683. The van der Waals surface area contributed by atoms with E-state index in [0.29, 0.717) is 6.61 Å². The fraction of sp³-hybridized carbons (Fsp3) is 0.231. The zero-order valence-corrected chi connectivity index (χ0v) is 12.0. The number of benzene rings is 1. The summed E-state index contributed by atoms with van der Waals surface area (Å²) in [5.74, 6) is -1.00. The lowest BCUT2D eigenvalue weighted by Crippen LogP contribution is -2.01. The SMILES string of the molecule is CCOc1oc(-c2cc(Br)ccc2C)nc1C(=O)O. The molecule has 19 heavy (non-hydrogen) atoms. The Kier molecular flexibility index (Phi) is 3.90. The van der Waals surface area contributed by atoms with Gasteiger partial charge in [-0.15, -0.1) is 0 Å². The Hall–Kier alpha value is -1.82. The number of rotatable bonds is 4. The van der Waals surface area contributed by atoms with E-state index in [2.05, 4.69) is 20.9 Å². The van der Waals surface area contributed by atoms with Crippen LogP contribution >= 0.6 is 15.9 Å². The molecule has 0 unspecified atom stereocenters. The number of nitrogens with zero attached hydrogens (tertiary/aromatic N) is 1. The van der Waals surface area contributed by atoms with Crippen LogP contribution in [-0.2, 0) is 0 Å². The van der Waals surface area contributed by atoms with Crippen LogP contribution in [0.3, 0.4) is 0 Å². The molecule has 0 aliphatic carbocycles. The highest BCUT2D eigenvalue weighted by Gasteiger charge is 2.22. The molecule has 1 heterocycles. The zero-order chi connectivity index (χ0) is 14.0. The third-order valence-electron chi connectivity index (χ3n) is 2.50. The van der Waals surface area contributed by atoms with Gasteiger partial charge in [0.25, 0.3) is 0 Å². The minimum absolute atomic E-state index is 0.0654. The van der Waals surface area contributed by atoms with E-state index < -0.39 is 5.97 Å². The summed E-state index contributed by atoms with van der Waals surface area (Å²) in [6, 6.07) is 5.61.